The minimum atomic E-state index is -3.48. The molecule has 0 saturated carbocycles. The van der Waals surface area contributed by atoms with Crippen LogP contribution in [0.1, 0.15) is 12.8 Å². The third kappa shape index (κ3) is 3.46. The summed E-state index contributed by atoms with van der Waals surface area (Å²) in [7, 11) is -3.48. The quantitative estimate of drug-likeness (QED) is 0.847. The zero-order valence-electron chi connectivity index (χ0n) is 11.2. The molecule has 5 nitrogen and oxygen atoms in total. The van der Waals surface area contributed by atoms with E-state index in [9.17, 15) is 13.2 Å². The van der Waals surface area contributed by atoms with Crippen LogP contribution < -0.4 is 4.72 Å². The van der Waals surface area contributed by atoms with E-state index in [1.165, 1.54) is 6.08 Å². The maximum Gasteiger partial charge on any atom is 0.245 e. The minimum absolute atomic E-state index is 0.102. The zero-order valence-corrected chi connectivity index (χ0v) is 12.0. The van der Waals surface area contributed by atoms with E-state index in [0.717, 1.165) is 0 Å². The van der Waals surface area contributed by atoms with E-state index in [0.29, 0.717) is 25.9 Å². The Morgan fingerprint density at radius 3 is 2.40 bits per heavy atom. The largest absolute Gasteiger partial charge is 0.339 e. The van der Waals surface area contributed by atoms with Gasteiger partial charge in [0.05, 0.1) is 4.90 Å². The topological polar surface area (TPSA) is 66.5 Å². The molecule has 1 N–H and O–H groups in total. The van der Waals surface area contributed by atoms with Crippen molar-refractivity contribution in [1.29, 1.82) is 0 Å². The average molecular weight is 294 g/mol. The first-order valence-corrected chi connectivity index (χ1v) is 8.00. The third-order valence-corrected chi connectivity index (χ3v) is 4.89. The lowest BCUT2D eigenvalue weighted by atomic mass is 10.1. The number of nitrogens with zero attached hydrogens (tertiary/aromatic N) is 1. The molecule has 0 aliphatic carbocycles. The van der Waals surface area contributed by atoms with Crippen molar-refractivity contribution in [2.45, 2.75) is 23.8 Å². The van der Waals surface area contributed by atoms with E-state index in [4.69, 9.17) is 0 Å². The van der Waals surface area contributed by atoms with Crippen LogP contribution in [-0.2, 0) is 14.8 Å². The van der Waals surface area contributed by atoms with Crippen molar-refractivity contribution < 1.29 is 13.2 Å². The first kappa shape index (κ1) is 14.7. The molecule has 1 fully saturated rings. The second-order valence-corrected chi connectivity index (χ2v) is 6.45. The van der Waals surface area contributed by atoms with Crippen molar-refractivity contribution in [3.05, 3.63) is 43.0 Å². The van der Waals surface area contributed by atoms with Crippen molar-refractivity contribution >= 4 is 15.9 Å². The number of carbonyl (C=O) groups is 1. The number of hydrogen-bond acceptors (Lipinski definition) is 3. The molecule has 2 rings (SSSR count). The Morgan fingerprint density at radius 2 is 1.85 bits per heavy atom. The molecule has 0 radical (unpaired) electrons. The predicted molar refractivity (Wildman–Crippen MR) is 76.6 cm³/mol. The van der Waals surface area contributed by atoms with Crippen molar-refractivity contribution in [3.63, 3.8) is 0 Å². The highest BCUT2D eigenvalue weighted by Gasteiger charge is 2.25. The van der Waals surface area contributed by atoms with Crippen LogP contribution >= 0.6 is 0 Å². The van der Waals surface area contributed by atoms with Gasteiger partial charge in [0.15, 0.2) is 0 Å². The van der Waals surface area contributed by atoms with Gasteiger partial charge >= 0.3 is 0 Å². The second-order valence-electron chi connectivity index (χ2n) is 4.74. The van der Waals surface area contributed by atoms with Gasteiger partial charge in [-0.15, -0.1) is 0 Å². The molecule has 1 aliphatic heterocycles. The van der Waals surface area contributed by atoms with Crippen LogP contribution in [0.5, 0.6) is 0 Å². The molecule has 6 heteroatoms. The van der Waals surface area contributed by atoms with E-state index in [-0.39, 0.29) is 16.8 Å². The number of benzene rings is 1. The van der Waals surface area contributed by atoms with Gasteiger partial charge in [-0.1, -0.05) is 24.8 Å². The van der Waals surface area contributed by atoms with Crippen LogP contribution in [0.15, 0.2) is 47.9 Å². The molecule has 0 aromatic heterocycles. The van der Waals surface area contributed by atoms with Gasteiger partial charge in [-0.2, -0.15) is 0 Å². The summed E-state index contributed by atoms with van der Waals surface area (Å²) < 4.78 is 27.0. The lowest BCUT2D eigenvalue weighted by molar-refractivity contribution is -0.127. The van der Waals surface area contributed by atoms with E-state index in [1.807, 2.05) is 0 Å². The fourth-order valence-electron chi connectivity index (χ4n) is 2.23. The normalized spacial score (nSPS) is 16.9. The molecule has 1 saturated heterocycles. The number of carbonyl (C=O) groups excluding carboxylic acids is 1. The van der Waals surface area contributed by atoms with E-state index in [1.54, 1.807) is 35.2 Å². The van der Waals surface area contributed by atoms with Gasteiger partial charge in [0, 0.05) is 19.1 Å². The average Bonchev–Trinajstić information content (AvgIpc) is 2.48. The second kappa shape index (κ2) is 6.19. The van der Waals surface area contributed by atoms with Gasteiger partial charge in [0.25, 0.3) is 0 Å². The Hall–Kier alpha value is -1.66. The summed E-state index contributed by atoms with van der Waals surface area (Å²) in [4.78, 5) is 13.4. The number of amides is 1. The van der Waals surface area contributed by atoms with Crippen LogP contribution in [0.2, 0.25) is 0 Å². The van der Waals surface area contributed by atoms with Crippen molar-refractivity contribution in [3.8, 4) is 0 Å². The standard InChI is InChI=1S/C14H18N2O3S/c1-2-14(17)16-10-8-12(9-11-16)15-20(18,19)13-6-4-3-5-7-13/h2-7,12,15H,1,8-11H2. The smallest absolute Gasteiger partial charge is 0.245 e. The number of sulfonamides is 1. The van der Waals surface area contributed by atoms with Gasteiger partial charge in [-0.05, 0) is 31.1 Å². The Balaban J connectivity index is 1.96. The van der Waals surface area contributed by atoms with Gasteiger partial charge in [0.1, 0.15) is 0 Å². The molecule has 1 aromatic carbocycles. The fraction of sp³-hybridized carbons (Fsp3) is 0.357. The lowest BCUT2D eigenvalue weighted by Crippen LogP contribution is -2.46. The van der Waals surface area contributed by atoms with Crippen molar-refractivity contribution in [1.82, 2.24) is 9.62 Å². The summed E-state index contributed by atoms with van der Waals surface area (Å²) in [6.45, 7) is 4.55. The highest BCUT2D eigenvalue weighted by Crippen LogP contribution is 2.15. The third-order valence-electron chi connectivity index (χ3n) is 3.36. The molecular formula is C14H18N2O3S. The molecule has 0 bridgehead atoms. The first-order chi connectivity index (χ1) is 9.53. The van der Waals surface area contributed by atoms with Gasteiger partial charge < -0.3 is 4.90 Å². The Labute approximate surface area is 119 Å². The number of rotatable bonds is 4. The summed E-state index contributed by atoms with van der Waals surface area (Å²) >= 11 is 0. The highest BCUT2D eigenvalue weighted by atomic mass is 32.2. The van der Waals surface area contributed by atoms with Crippen molar-refractivity contribution in [2.75, 3.05) is 13.1 Å². The summed E-state index contributed by atoms with van der Waals surface area (Å²) in [6.07, 6.45) is 2.52. The first-order valence-electron chi connectivity index (χ1n) is 6.51. The molecule has 1 aliphatic rings. The van der Waals surface area contributed by atoms with Crippen LogP contribution in [0.4, 0.5) is 0 Å². The molecule has 20 heavy (non-hydrogen) atoms. The molecule has 0 atom stereocenters. The molecule has 1 aromatic rings. The van der Waals surface area contributed by atoms with Gasteiger partial charge in [-0.3, -0.25) is 4.79 Å². The van der Waals surface area contributed by atoms with Gasteiger partial charge in [-0.25, -0.2) is 13.1 Å². The van der Waals surface area contributed by atoms with Gasteiger partial charge in [0.2, 0.25) is 15.9 Å². The lowest BCUT2D eigenvalue weighted by Gasteiger charge is -2.31. The Bertz CT molecular complexity index is 576. The summed E-state index contributed by atoms with van der Waals surface area (Å²) in [5.74, 6) is -0.102. The fourth-order valence-corrected chi connectivity index (χ4v) is 3.56. The van der Waals surface area contributed by atoms with E-state index < -0.39 is 10.0 Å². The zero-order chi connectivity index (χ0) is 14.6. The highest BCUT2D eigenvalue weighted by molar-refractivity contribution is 7.89. The summed E-state index contributed by atoms with van der Waals surface area (Å²) in [6, 6.07) is 8.17. The van der Waals surface area contributed by atoms with Crippen molar-refractivity contribution in [2.24, 2.45) is 0 Å². The molecule has 108 valence electrons. The van der Waals surface area contributed by atoms with Crippen LogP contribution in [0.25, 0.3) is 0 Å². The SMILES string of the molecule is C=CC(=O)N1CCC(NS(=O)(=O)c2ccccc2)CC1. The molecular weight excluding hydrogens is 276 g/mol. The number of hydrogen-bond donors (Lipinski definition) is 1. The molecule has 1 heterocycles. The number of nitrogens with one attached hydrogen (secondary N) is 1. The molecule has 0 unspecified atom stereocenters. The molecule has 1 amide bonds. The summed E-state index contributed by atoms with van der Waals surface area (Å²) in [5.41, 5.74) is 0. The van der Waals surface area contributed by atoms with E-state index >= 15 is 0 Å². The number of piperidine rings is 1. The molecule has 0 spiro atoms. The van der Waals surface area contributed by atoms with Crippen LogP contribution in [-0.4, -0.2) is 38.4 Å². The summed E-state index contributed by atoms with van der Waals surface area (Å²) in [5, 5.41) is 0. The predicted octanol–water partition coefficient (Wildman–Crippen LogP) is 1.14. The van der Waals surface area contributed by atoms with E-state index in [2.05, 4.69) is 11.3 Å². The van der Waals surface area contributed by atoms with Crippen LogP contribution in [0, 0.1) is 0 Å². The Morgan fingerprint density at radius 1 is 1.25 bits per heavy atom. The monoisotopic (exact) mass is 294 g/mol. The minimum Gasteiger partial charge on any atom is -0.339 e. The Kier molecular flexibility index (Phi) is 4.57. The maximum atomic E-state index is 12.2. The number of likely N-dealkylation sites (tertiary alicyclic amines) is 1. The van der Waals surface area contributed by atoms with Crippen LogP contribution in [0.3, 0.4) is 0 Å². The maximum absolute atomic E-state index is 12.2.